The summed E-state index contributed by atoms with van der Waals surface area (Å²) < 4.78 is 6.79. The van der Waals surface area contributed by atoms with Gasteiger partial charge >= 0.3 is 0 Å². The molecule has 1 amide bonds. The van der Waals surface area contributed by atoms with Crippen molar-refractivity contribution in [3.8, 4) is 0 Å². The first-order chi connectivity index (χ1) is 18.9. The second-order valence-electron chi connectivity index (χ2n) is 19.0. The Labute approximate surface area is 252 Å². The van der Waals surface area contributed by atoms with Crippen LogP contribution in [-0.4, -0.2) is 57.3 Å². The van der Waals surface area contributed by atoms with Gasteiger partial charge in [-0.15, -0.1) is 0 Å². The van der Waals surface area contributed by atoms with Crippen LogP contribution < -0.4 is 5.32 Å². The third-order valence-electron chi connectivity index (χ3n) is 15.1. The van der Waals surface area contributed by atoms with Crippen LogP contribution in [0.4, 0.5) is 0 Å². The minimum Gasteiger partial charge on any atom is -0.373 e. The minimum atomic E-state index is -0.222. The number of carbonyl (C=O) groups excluding carboxylic acids is 1. The van der Waals surface area contributed by atoms with Crippen molar-refractivity contribution in [2.45, 2.75) is 119 Å². The number of hydrogen-bond acceptors (Lipinski definition) is 2. The van der Waals surface area contributed by atoms with E-state index in [1.165, 1.54) is 38.5 Å². The summed E-state index contributed by atoms with van der Waals surface area (Å²) in [5, 5.41) is 3.48. The summed E-state index contributed by atoms with van der Waals surface area (Å²) in [6.07, 6.45) is 15.5. The van der Waals surface area contributed by atoms with E-state index in [-0.39, 0.29) is 10.8 Å². The lowest BCUT2D eigenvalue weighted by atomic mass is 9.33. The van der Waals surface area contributed by atoms with Gasteiger partial charge in [0.05, 0.1) is 52.4 Å². The highest BCUT2D eigenvalue weighted by molar-refractivity contribution is 5.84. The summed E-state index contributed by atoms with van der Waals surface area (Å²) >= 11 is 0. The fraction of sp³-hybridized carbons (Fsp3) is 0.919. The van der Waals surface area contributed by atoms with Crippen molar-refractivity contribution in [2.75, 3.05) is 40.8 Å². The number of ether oxygens (including phenoxy) is 1. The second kappa shape index (κ2) is 9.32. The number of rotatable bonds is 5. The van der Waals surface area contributed by atoms with Crippen molar-refractivity contribution in [3.63, 3.8) is 0 Å². The highest BCUT2D eigenvalue weighted by Crippen LogP contribution is 2.76. The molecule has 4 saturated carbocycles. The number of hydrogen-bond donors (Lipinski definition) is 1. The standard InChI is InChI=1S/C37H62N2O2/c1-32(2)17-19-37(31(40)38-21-22-39(8,9)10)20-18-35(6)25(27(37)23-32)11-12-30-34(5)15-13-26(28-24-41-28)33(3,4)29(34)14-16-36(30,35)7/h11,26-30H,12-24H2,1-10H3/p+1/t26-,27+,28?,29+,30-,34+,35-,36-,37+/m1/s1. The lowest BCUT2D eigenvalue weighted by Gasteiger charge is -2.71. The summed E-state index contributed by atoms with van der Waals surface area (Å²) in [6.45, 7) is 20.9. The van der Waals surface area contributed by atoms with Gasteiger partial charge in [0, 0.05) is 0 Å². The SMILES string of the molecule is CC1(C)CC[C@]2(C(=O)NCC[N+](C)(C)C)CC[C@]3(C)C(=CC[C@@H]4[C@@]5(C)CC[C@H](C6CO6)C(C)(C)[C@@H]5CC[C@]43C)[C@@H]2C1. The van der Waals surface area contributed by atoms with E-state index in [1.807, 2.05) is 0 Å². The number of amides is 1. The van der Waals surface area contributed by atoms with E-state index in [2.05, 4.69) is 81.0 Å². The van der Waals surface area contributed by atoms with E-state index in [0.29, 0.717) is 39.6 Å². The number of nitrogens with zero attached hydrogens (tertiary/aromatic N) is 1. The topological polar surface area (TPSA) is 41.6 Å². The van der Waals surface area contributed by atoms with Gasteiger partial charge in [0.25, 0.3) is 0 Å². The van der Waals surface area contributed by atoms with Gasteiger partial charge in [-0.3, -0.25) is 4.79 Å². The predicted molar refractivity (Wildman–Crippen MR) is 168 cm³/mol. The van der Waals surface area contributed by atoms with E-state index in [1.54, 1.807) is 5.57 Å². The molecule has 0 aromatic carbocycles. The monoisotopic (exact) mass is 567 g/mol. The van der Waals surface area contributed by atoms with Crippen molar-refractivity contribution in [1.82, 2.24) is 5.32 Å². The smallest absolute Gasteiger partial charge is 0.227 e. The number of nitrogens with one attached hydrogen (secondary N) is 1. The first kappa shape index (κ1) is 30.2. The van der Waals surface area contributed by atoms with Crippen LogP contribution in [0.2, 0.25) is 0 Å². The van der Waals surface area contributed by atoms with Gasteiger partial charge < -0.3 is 14.5 Å². The fourth-order valence-corrected chi connectivity index (χ4v) is 12.3. The summed E-state index contributed by atoms with van der Waals surface area (Å²) in [7, 11) is 6.65. The van der Waals surface area contributed by atoms with E-state index in [9.17, 15) is 4.79 Å². The Morgan fingerprint density at radius 1 is 0.927 bits per heavy atom. The molecule has 41 heavy (non-hydrogen) atoms. The molecule has 4 heteroatoms. The van der Waals surface area contributed by atoms with Crippen LogP contribution in [0.5, 0.6) is 0 Å². The number of carbonyl (C=O) groups is 1. The van der Waals surface area contributed by atoms with Crippen LogP contribution in [-0.2, 0) is 9.53 Å². The van der Waals surface area contributed by atoms with E-state index >= 15 is 0 Å². The van der Waals surface area contributed by atoms with Crippen LogP contribution in [0.3, 0.4) is 0 Å². The molecule has 232 valence electrons. The molecule has 0 aromatic heterocycles. The maximum atomic E-state index is 14.2. The zero-order chi connectivity index (χ0) is 29.9. The zero-order valence-corrected chi connectivity index (χ0v) is 28.4. The largest absolute Gasteiger partial charge is 0.373 e. The Morgan fingerprint density at radius 3 is 2.27 bits per heavy atom. The molecule has 1 heterocycles. The molecule has 0 radical (unpaired) electrons. The molecule has 0 aromatic rings. The van der Waals surface area contributed by atoms with Crippen molar-refractivity contribution < 1.29 is 14.0 Å². The first-order valence-electron chi connectivity index (χ1n) is 17.3. The van der Waals surface area contributed by atoms with Crippen LogP contribution in [0.15, 0.2) is 11.6 Å². The normalized spacial score (nSPS) is 48.0. The molecule has 6 rings (SSSR count). The van der Waals surface area contributed by atoms with E-state index in [0.717, 1.165) is 67.6 Å². The Kier molecular flexibility index (Phi) is 6.86. The highest BCUT2D eigenvalue weighted by atomic mass is 16.6. The Bertz CT molecular complexity index is 1100. The van der Waals surface area contributed by atoms with Gasteiger partial charge in [-0.1, -0.05) is 60.1 Å². The van der Waals surface area contributed by atoms with Gasteiger partial charge in [0.2, 0.25) is 5.91 Å². The number of likely N-dealkylation sites (N-methyl/N-ethyl adjacent to an activating group) is 1. The molecular formula is C37H63N2O2+. The van der Waals surface area contributed by atoms with Crippen molar-refractivity contribution in [1.29, 1.82) is 0 Å². The van der Waals surface area contributed by atoms with Gasteiger partial charge in [0.1, 0.15) is 0 Å². The number of epoxide rings is 1. The number of allylic oxidation sites excluding steroid dienone is 2. The van der Waals surface area contributed by atoms with Crippen molar-refractivity contribution in [3.05, 3.63) is 11.6 Å². The Morgan fingerprint density at radius 2 is 1.61 bits per heavy atom. The van der Waals surface area contributed by atoms with E-state index < -0.39 is 0 Å². The predicted octanol–water partition coefficient (Wildman–Crippen LogP) is 7.63. The molecule has 0 spiro atoms. The quantitative estimate of drug-likeness (QED) is 0.211. The van der Waals surface area contributed by atoms with Crippen molar-refractivity contribution in [2.24, 2.45) is 56.2 Å². The van der Waals surface area contributed by atoms with Crippen LogP contribution in [0.25, 0.3) is 0 Å². The molecule has 5 fully saturated rings. The van der Waals surface area contributed by atoms with Gasteiger partial charge in [-0.05, 0) is 115 Å². The maximum Gasteiger partial charge on any atom is 0.227 e. The number of fused-ring (bicyclic) bond motifs is 7. The lowest BCUT2D eigenvalue weighted by molar-refractivity contribution is -0.869. The molecular weight excluding hydrogens is 504 g/mol. The van der Waals surface area contributed by atoms with Gasteiger partial charge in [0.15, 0.2) is 0 Å². The second-order valence-corrected chi connectivity index (χ2v) is 19.0. The molecule has 5 aliphatic carbocycles. The average molecular weight is 568 g/mol. The third kappa shape index (κ3) is 4.45. The Balaban J connectivity index is 1.34. The maximum absolute atomic E-state index is 14.2. The van der Waals surface area contributed by atoms with Crippen molar-refractivity contribution >= 4 is 5.91 Å². The first-order valence-corrected chi connectivity index (χ1v) is 17.3. The average Bonchev–Trinajstić information content (AvgIpc) is 3.68. The molecule has 0 bridgehead atoms. The van der Waals surface area contributed by atoms with Crippen LogP contribution in [0, 0.1) is 56.2 Å². The van der Waals surface area contributed by atoms with Gasteiger partial charge in [-0.25, -0.2) is 0 Å². The molecule has 6 aliphatic rings. The van der Waals surface area contributed by atoms with E-state index in [4.69, 9.17) is 4.74 Å². The Hall–Kier alpha value is -0.870. The molecule has 1 N–H and O–H groups in total. The molecule has 4 nitrogen and oxygen atoms in total. The molecule has 1 unspecified atom stereocenters. The molecule has 9 atom stereocenters. The van der Waals surface area contributed by atoms with Crippen LogP contribution >= 0.6 is 0 Å². The summed E-state index contributed by atoms with van der Waals surface area (Å²) in [5.74, 6) is 2.98. The summed E-state index contributed by atoms with van der Waals surface area (Å²) in [6, 6.07) is 0. The summed E-state index contributed by atoms with van der Waals surface area (Å²) in [5.41, 5.74) is 2.99. The highest BCUT2D eigenvalue weighted by Gasteiger charge is 2.69. The minimum absolute atomic E-state index is 0.189. The van der Waals surface area contributed by atoms with Gasteiger partial charge in [-0.2, -0.15) is 0 Å². The summed E-state index contributed by atoms with van der Waals surface area (Å²) in [4.78, 5) is 14.2. The lowest BCUT2D eigenvalue weighted by Crippen LogP contribution is -2.65. The zero-order valence-electron chi connectivity index (χ0n) is 28.4. The fourth-order valence-electron chi connectivity index (χ4n) is 12.3. The molecule has 1 aliphatic heterocycles. The molecule has 1 saturated heterocycles. The third-order valence-corrected chi connectivity index (χ3v) is 15.1. The number of quaternary nitrogens is 1. The van der Waals surface area contributed by atoms with Crippen LogP contribution in [0.1, 0.15) is 113 Å².